The molecule has 2 aromatic carbocycles. The molecular formula is C27H28N4O2S. The summed E-state index contributed by atoms with van der Waals surface area (Å²) in [6.45, 7) is 4.24. The van der Waals surface area contributed by atoms with E-state index in [0.29, 0.717) is 13.2 Å². The summed E-state index contributed by atoms with van der Waals surface area (Å²) in [7, 11) is 0. The average molecular weight is 473 g/mol. The Balaban J connectivity index is 1.21. The largest absolute Gasteiger partial charge is 0.494 e. The number of nitrogens with one attached hydrogen (secondary N) is 1. The van der Waals surface area contributed by atoms with Crippen LogP contribution in [0.3, 0.4) is 0 Å². The standard InChI is InChI=1S/C27H28N4O2S/c1-2-33-23-9-10-24-25(17-23)34-27(30-24)31-15-3-4-21(18-31)26(32)29-22-7-5-19(6-8-22)16-20-11-13-28-14-12-20/h5-14,17,21H,2-4,15-16,18H2,1H3,(H,29,32). The first-order valence-electron chi connectivity index (χ1n) is 11.7. The van der Waals surface area contributed by atoms with Gasteiger partial charge >= 0.3 is 0 Å². The van der Waals surface area contributed by atoms with Crippen LogP contribution >= 0.6 is 11.3 Å². The Bertz CT molecular complexity index is 1260. The molecular weight excluding hydrogens is 444 g/mol. The van der Waals surface area contributed by atoms with Crippen LogP contribution in [0.25, 0.3) is 10.2 Å². The zero-order valence-corrected chi connectivity index (χ0v) is 20.1. The Hall–Kier alpha value is -3.45. The van der Waals surface area contributed by atoms with Gasteiger partial charge in [-0.3, -0.25) is 9.78 Å². The molecule has 1 unspecified atom stereocenters. The Morgan fingerprint density at radius 3 is 2.71 bits per heavy atom. The van der Waals surface area contributed by atoms with Gasteiger partial charge in [0, 0.05) is 31.2 Å². The maximum absolute atomic E-state index is 13.0. The molecule has 1 fully saturated rings. The minimum Gasteiger partial charge on any atom is -0.494 e. The summed E-state index contributed by atoms with van der Waals surface area (Å²) in [5, 5.41) is 4.09. The van der Waals surface area contributed by atoms with Gasteiger partial charge in [0.25, 0.3) is 0 Å². The summed E-state index contributed by atoms with van der Waals surface area (Å²) in [6, 6.07) is 18.2. The van der Waals surface area contributed by atoms with Gasteiger partial charge in [0.15, 0.2) is 5.13 Å². The monoisotopic (exact) mass is 472 g/mol. The maximum Gasteiger partial charge on any atom is 0.229 e. The number of hydrogen-bond acceptors (Lipinski definition) is 6. The summed E-state index contributed by atoms with van der Waals surface area (Å²) in [5.74, 6) is 0.885. The van der Waals surface area contributed by atoms with Crippen LogP contribution in [0.1, 0.15) is 30.9 Å². The highest BCUT2D eigenvalue weighted by Crippen LogP contribution is 2.33. The third kappa shape index (κ3) is 5.20. The van der Waals surface area contributed by atoms with Crippen LogP contribution in [0, 0.1) is 5.92 Å². The van der Waals surface area contributed by atoms with E-state index in [2.05, 4.69) is 27.3 Å². The van der Waals surface area contributed by atoms with Crippen molar-refractivity contribution in [3.8, 4) is 5.75 Å². The molecule has 174 valence electrons. The fraction of sp³-hybridized carbons (Fsp3) is 0.296. The van der Waals surface area contributed by atoms with Crippen LogP contribution in [0.15, 0.2) is 67.0 Å². The highest BCUT2D eigenvalue weighted by atomic mass is 32.1. The number of piperidine rings is 1. The van der Waals surface area contributed by atoms with Crippen LogP contribution in [0.2, 0.25) is 0 Å². The zero-order valence-electron chi connectivity index (χ0n) is 19.2. The molecule has 1 saturated heterocycles. The quantitative estimate of drug-likeness (QED) is 0.383. The van der Waals surface area contributed by atoms with Crippen molar-refractivity contribution in [2.45, 2.75) is 26.2 Å². The van der Waals surface area contributed by atoms with Crippen LogP contribution in [-0.4, -0.2) is 35.6 Å². The molecule has 1 N–H and O–H groups in total. The minimum atomic E-state index is -0.0590. The molecule has 0 aliphatic carbocycles. The summed E-state index contributed by atoms with van der Waals surface area (Å²) in [4.78, 5) is 24.2. The van der Waals surface area contributed by atoms with Crippen molar-refractivity contribution in [1.29, 1.82) is 0 Å². The van der Waals surface area contributed by atoms with Gasteiger partial charge < -0.3 is 15.0 Å². The zero-order chi connectivity index (χ0) is 23.3. The SMILES string of the molecule is CCOc1ccc2nc(N3CCCC(C(=O)Nc4ccc(Cc5ccncc5)cc4)C3)sc2c1. The molecule has 0 bridgehead atoms. The highest BCUT2D eigenvalue weighted by Gasteiger charge is 2.27. The number of pyridine rings is 1. The number of carbonyl (C=O) groups excluding carboxylic acids is 1. The third-order valence-electron chi connectivity index (χ3n) is 6.10. The number of nitrogens with zero attached hydrogens (tertiary/aromatic N) is 3. The Morgan fingerprint density at radius 2 is 1.91 bits per heavy atom. The average Bonchev–Trinajstić information content (AvgIpc) is 3.30. The summed E-state index contributed by atoms with van der Waals surface area (Å²) >= 11 is 1.66. The van der Waals surface area contributed by atoms with E-state index in [4.69, 9.17) is 9.72 Å². The number of ether oxygens (including phenoxy) is 1. The number of hydrogen-bond donors (Lipinski definition) is 1. The Kier molecular flexibility index (Phi) is 6.72. The van der Waals surface area contributed by atoms with E-state index in [1.165, 1.54) is 11.1 Å². The van der Waals surface area contributed by atoms with Gasteiger partial charge in [0.1, 0.15) is 5.75 Å². The van der Waals surface area contributed by atoms with Crippen LogP contribution in [0.4, 0.5) is 10.8 Å². The minimum absolute atomic E-state index is 0.0590. The molecule has 1 atom stereocenters. The maximum atomic E-state index is 13.0. The number of amides is 1. The number of benzene rings is 2. The lowest BCUT2D eigenvalue weighted by Gasteiger charge is -2.31. The number of anilines is 2. The van der Waals surface area contributed by atoms with E-state index in [0.717, 1.165) is 52.6 Å². The molecule has 2 aromatic heterocycles. The topological polar surface area (TPSA) is 67.3 Å². The Morgan fingerprint density at radius 1 is 1.12 bits per heavy atom. The number of carbonyl (C=O) groups is 1. The summed E-state index contributed by atoms with van der Waals surface area (Å²) < 4.78 is 6.73. The molecule has 1 amide bonds. The molecule has 7 heteroatoms. The van der Waals surface area contributed by atoms with Crippen molar-refractivity contribution < 1.29 is 9.53 Å². The first kappa shape index (κ1) is 22.3. The van der Waals surface area contributed by atoms with E-state index < -0.39 is 0 Å². The van der Waals surface area contributed by atoms with Gasteiger partial charge in [-0.15, -0.1) is 0 Å². The molecule has 4 aromatic rings. The fourth-order valence-electron chi connectivity index (χ4n) is 4.34. The molecule has 0 spiro atoms. The van der Waals surface area contributed by atoms with Crippen molar-refractivity contribution >= 4 is 38.3 Å². The predicted molar refractivity (Wildman–Crippen MR) is 138 cm³/mol. The molecule has 34 heavy (non-hydrogen) atoms. The number of rotatable bonds is 7. The van der Waals surface area contributed by atoms with Crippen molar-refractivity contribution in [3.05, 3.63) is 78.1 Å². The fourth-order valence-corrected chi connectivity index (χ4v) is 5.36. The molecule has 5 rings (SSSR count). The second-order valence-electron chi connectivity index (χ2n) is 8.56. The van der Waals surface area contributed by atoms with Crippen LogP contribution < -0.4 is 15.0 Å². The molecule has 0 radical (unpaired) electrons. The van der Waals surface area contributed by atoms with E-state index in [1.807, 2.05) is 61.8 Å². The van der Waals surface area contributed by atoms with Gasteiger partial charge in [-0.25, -0.2) is 4.98 Å². The van der Waals surface area contributed by atoms with Crippen molar-refractivity contribution in [3.63, 3.8) is 0 Å². The van der Waals surface area contributed by atoms with Gasteiger partial charge in [0.05, 0.1) is 22.7 Å². The highest BCUT2D eigenvalue weighted by molar-refractivity contribution is 7.22. The van der Waals surface area contributed by atoms with Gasteiger partial charge in [-0.1, -0.05) is 23.5 Å². The Labute approximate surface area is 203 Å². The van der Waals surface area contributed by atoms with Crippen LogP contribution in [0.5, 0.6) is 5.75 Å². The number of fused-ring (bicyclic) bond motifs is 1. The van der Waals surface area contributed by atoms with E-state index in [-0.39, 0.29) is 11.8 Å². The second-order valence-corrected chi connectivity index (χ2v) is 9.57. The van der Waals surface area contributed by atoms with Gasteiger partial charge in [-0.05, 0) is 79.8 Å². The van der Waals surface area contributed by atoms with E-state index in [9.17, 15) is 4.79 Å². The molecule has 0 saturated carbocycles. The van der Waals surface area contributed by atoms with Crippen molar-refractivity contribution in [2.24, 2.45) is 5.92 Å². The molecule has 1 aliphatic heterocycles. The van der Waals surface area contributed by atoms with Gasteiger partial charge in [0.2, 0.25) is 5.91 Å². The lowest BCUT2D eigenvalue weighted by Crippen LogP contribution is -2.40. The predicted octanol–water partition coefficient (Wildman–Crippen LogP) is 5.54. The summed E-state index contributed by atoms with van der Waals surface area (Å²) in [5.41, 5.74) is 4.24. The summed E-state index contributed by atoms with van der Waals surface area (Å²) in [6.07, 6.45) is 6.33. The van der Waals surface area contributed by atoms with E-state index >= 15 is 0 Å². The number of thiazole rings is 1. The van der Waals surface area contributed by atoms with Gasteiger partial charge in [-0.2, -0.15) is 0 Å². The molecule has 3 heterocycles. The first-order valence-corrected chi connectivity index (χ1v) is 12.6. The first-order chi connectivity index (χ1) is 16.7. The van der Waals surface area contributed by atoms with E-state index in [1.54, 1.807) is 11.3 Å². The molecule has 6 nitrogen and oxygen atoms in total. The van der Waals surface area contributed by atoms with Crippen LogP contribution in [-0.2, 0) is 11.2 Å². The van der Waals surface area contributed by atoms with Crippen molar-refractivity contribution in [2.75, 3.05) is 29.9 Å². The number of aromatic nitrogens is 2. The lowest BCUT2D eigenvalue weighted by molar-refractivity contribution is -0.120. The normalized spacial score (nSPS) is 15.9. The lowest BCUT2D eigenvalue weighted by atomic mass is 9.97. The van der Waals surface area contributed by atoms with Crippen molar-refractivity contribution in [1.82, 2.24) is 9.97 Å². The molecule has 1 aliphatic rings. The smallest absolute Gasteiger partial charge is 0.229 e. The second kappa shape index (κ2) is 10.2. The third-order valence-corrected chi connectivity index (χ3v) is 7.18.